The monoisotopic (exact) mass is 458 g/mol. The lowest BCUT2D eigenvalue weighted by molar-refractivity contribution is -0.158. The van der Waals surface area contributed by atoms with Crippen LogP contribution in [0.15, 0.2) is 10.6 Å². The van der Waals surface area contributed by atoms with Gasteiger partial charge in [-0.15, -0.1) is 0 Å². The highest BCUT2D eigenvalue weighted by Crippen LogP contribution is 2.50. The third-order valence-corrected chi connectivity index (χ3v) is 7.08. The van der Waals surface area contributed by atoms with Gasteiger partial charge in [0.1, 0.15) is 5.41 Å². The number of aromatic nitrogens is 1. The molecular formula is C23H27FN4O5. The molecule has 0 bridgehead atoms. The first kappa shape index (κ1) is 21.8. The second-order valence-electron chi connectivity index (χ2n) is 9.38. The van der Waals surface area contributed by atoms with Crippen LogP contribution in [0.25, 0.3) is 11.0 Å². The molecule has 2 fully saturated rings. The minimum atomic E-state index is -1.55. The first-order valence-electron chi connectivity index (χ1n) is 11.3. The van der Waals surface area contributed by atoms with Gasteiger partial charge >= 0.3 is 0 Å². The number of hydrogen-bond donors (Lipinski definition) is 1. The van der Waals surface area contributed by atoms with Crippen LogP contribution in [-0.4, -0.2) is 61.1 Å². The third-order valence-electron chi connectivity index (χ3n) is 7.08. The summed E-state index contributed by atoms with van der Waals surface area (Å²) in [6.07, 6.45) is -0.344. The maximum absolute atomic E-state index is 16.0. The normalized spacial score (nSPS) is 29.3. The van der Waals surface area contributed by atoms with Gasteiger partial charge in [-0.2, -0.15) is 0 Å². The van der Waals surface area contributed by atoms with Crippen molar-refractivity contribution in [3.05, 3.63) is 17.4 Å². The van der Waals surface area contributed by atoms with Crippen LogP contribution in [0.3, 0.4) is 0 Å². The Bertz CT molecular complexity index is 1160. The number of Topliss-reactive ketones (excluding diaryl/α,β-unsaturated/α-hetero) is 1. The number of morpholine rings is 1. The molecule has 33 heavy (non-hydrogen) atoms. The SMILES string of the molecule is CCCN(C)c1noc2c(F)c3c(cc12)CC1(C(=O)CC(=O)NC1=O)[C@H]1[C@H](C)O[C@H](C)CN31. The Morgan fingerprint density at radius 2 is 2.09 bits per heavy atom. The Kier molecular flexibility index (Phi) is 4.97. The van der Waals surface area contributed by atoms with Gasteiger partial charge in [0.05, 0.1) is 35.7 Å². The number of ether oxygens (including phenoxy) is 1. The molecule has 1 N–H and O–H groups in total. The summed E-state index contributed by atoms with van der Waals surface area (Å²) in [5, 5.41) is 6.94. The average molecular weight is 458 g/mol. The van der Waals surface area contributed by atoms with Crippen molar-refractivity contribution in [2.75, 3.05) is 29.9 Å². The summed E-state index contributed by atoms with van der Waals surface area (Å²) in [5.41, 5.74) is -0.682. The summed E-state index contributed by atoms with van der Waals surface area (Å²) in [7, 11) is 1.85. The average Bonchev–Trinajstić information content (AvgIpc) is 3.15. The van der Waals surface area contributed by atoms with Crippen molar-refractivity contribution >= 4 is 40.1 Å². The fourth-order valence-electron chi connectivity index (χ4n) is 5.85. The highest BCUT2D eigenvalue weighted by molar-refractivity contribution is 6.22. The summed E-state index contributed by atoms with van der Waals surface area (Å²) in [6.45, 7) is 6.66. The van der Waals surface area contributed by atoms with E-state index in [1.165, 1.54) is 0 Å². The number of carbonyl (C=O) groups excluding carboxylic acids is 3. The molecule has 9 nitrogen and oxygen atoms in total. The van der Waals surface area contributed by atoms with Crippen molar-refractivity contribution in [3.8, 4) is 0 Å². The minimum absolute atomic E-state index is 0.0293. The maximum atomic E-state index is 16.0. The highest BCUT2D eigenvalue weighted by atomic mass is 19.1. The number of hydrogen-bond acceptors (Lipinski definition) is 8. The summed E-state index contributed by atoms with van der Waals surface area (Å²) in [5.74, 6) is -1.79. The van der Waals surface area contributed by atoms with Gasteiger partial charge in [-0.25, -0.2) is 4.39 Å². The second kappa shape index (κ2) is 7.51. The first-order chi connectivity index (χ1) is 15.7. The topological polar surface area (TPSA) is 105 Å². The Morgan fingerprint density at radius 1 is 1.33 bits per heavy atom. The van der Waals surface area contributed by atoms with Crippen LogP contribution in [0.5, 0.6) is 0 Å². The Hall–Kier alpha value is -3.01. The van der Waals surface area contributed by atoms with Crippen molar-refractivity contribution in [3.63, 3.8) is 0 Å². The quantitative estimate of drug-likeness (QED) is 0.550. The van der Waals surface area contributed by atoms with E-state index in [4.69, 9.17) is 9.26 Å². The summed E-state index contributed by atoms with van der Waals surface area (Å²) < 4.78 is 27.4. The number of ketones is 1. The van der Waals surface area contributed by atoms with Crippen molar-refractivity contribution < 1.29 is 28.0 Å². The zero-order valence-corrected chi connectivity index (χ0v) is 19.1. The molecule has 1 aromatic heterocycles. The van der Waals surface area contributed by atoms with Gasteiger partial charge in [-0.3, -0.25) is 19.7 Å². The zero-order valence-electron chi connectivity index (χ0n) is 19.1. The Morgan fingerprint density at radius 3 is 2.79 bits per heavy atom. The lowest BCUT2D eigenvalue weighted by Gasteiger charge is -2.55. The van der Waals surface area contributed by atoms with E-state index in [2.05, 4.69) is 10.5 Å². The van der Waals surface area contributed by atoms with Gasteiger partial charge in [0.15, 0.2) is 17.4 Å². The third kappa shape index (κ3) is 2.99. The standard InChI is InChI=1S/C23H27FN4O5/c1-5-6-27(4)21-14-7-13-9-23(15(29)8-16(30)25-22(23)31)20-12(3)32-11(2)10-28(20)18(13)17(24)19(14)33-26-21/h7,11-12,20H,5-6,8-10H2,1-4H3,(H,25,30,31)/t11-,12+,20-,23?/m1/s1. The molecule has 0 saturated carbocycles. The van der Waals surface area contributed by atoms with Crippen LogP contribution >= 0.6 is 0 Å². The molecule has 4 heterocycles. The number of rotatable bonds is 3. The minimum Gasteiger partial charge on any atom is -0.372 e. The molecular weight excluding hydrogens is 431 g/mol. The van der Waals surface area contributed by atoms with E-state index < -0.39 is 47.4 Å². The number of fused-ring (bicyclic) bond motifs is 5. The highest BCUT2D eigenvalue weighted by Gasteiger charge is 2.62. The molecule has 3 aliphatic rings. The maximum Gasteiger partial charge on any atom is 0.242 e. The number of amides is 2. The van der Waals surface area contributed by atoms with Gasteiger partial charge in [0.2, 0.25) is 17.4 Å². The number of nitrogens with one attached hydrogen (secondary N) is 1. The van der Waals surface area contributed by atoms with Crippen LogP contribution in [-0.2, 0) is 25.5 Å². The van der Waals surface area contributed by atoms with Gasteiger partial charge in [-0.1, -0.05) is 12.1 Å². The van der Waals surface area contributed by atoms with E-state index in [-0.39, 0.29) is 24.7 Å². The summed E-state index contributed by atoms with van der Waals surface area (Å²) in [4.78, 5) is 42.2. The largest absolute Gasteiger partial charge is 0.372 e. The van der Waals surface area contributed by atoms with Gasteiger partial charge in [0, 0.05) is 20.1 Å². The van der Waals surface area contributed by atoms with Gasteiger partial charge < -0.3 is 19.1 Å². The second-order valence-corrected chi connectivity index (χ2v) is 9.38. The summed E-state index contributed by atoms with van der Waals surface area (Å²) >= 11 is 0. The number of anilines is 2. The Labute approximate surface area is 190 Å². The van der Waals surface area contributed by atoms with Crippen LogP contribution in [0, 0.1) is 11.2 Å². The van der Waals surface area contributed by atoms with E-state index >= 15 is 4.39 Å². The molecule has 4 atom stereocenters. The molecule has 2 saturated heterocycles. The fraction of sp³-hybridized carbons (Fsp3) is 0.565. The molecule has 5 rings (SSSR count). The molecule has 1 aromatic carbocycles. The van der Waals surface area contributed by atoms with Gasteiger partial charge in [-0.05, 0) is 38.3 Å². The van der Waals surface area contributed by atoms with Crippen molar-refractivity contribution in [1.82, 2.24) is 10.5 Å². The van der Waals surface area contributed by atoms with E-state index in [9.17, 15) is 14.4 Å². The fourth-order valence-corrected chi connectivity index (χ4v) is 5.85. The Balaban J connectivity index is 1.74. The lowest BCUT2D eigenvalue weighted by Crippen LogP contribution is -2.72. The number of piperidine rings is 1. The number of carbonyl (C=O) groups is 3. The van der Waals surface area contributed by atoms with E-state index in [1.54, 1.807) is 17.9 Å². The summed E-state index contributed by atoms with van der Waals surface area (Å²) in [6, 6.07) is 1.02. The number of benzene rings is 1. The van der Waals surface area contributed by atoms with Crippen LogP contribution in [0.4, 0.5) is 15.9 Å². The van der Waals surface area contributed by atoms with Gasteiger partial charge in [0.25, 0.3) is 0 Å². The van der Waals surface area contributed by atoms with Crippen molar-refractivity contribution in [1.29, 1.82) is 0 Å². The lowest BCUT2D eigenvalue weighted by atomic mass is 9.63. The predicted molar refractivity (Wildman–Crippen MR) is 118 cm³/mol. The number of halogens is 1. The molecule has 10 heteroatoms. The van der Waals surface area contributed by atoms with Crippen molar-refractivity contribution in [2.24, 2.45) is 5.41 Å². The molecule has 1 unspecified atom stereocenters. The van der Waals surface area contributed by atoms with Crippen LogP contribution < -0.4 is 15.1 Å². The molecule has 3 aliphatic heterocycles. The number of nitrogens with zero attached hydrogens (tertiary/aromatic N) is 3. The molecule has 1 spiro atoms. The smallest absolute Gasteiger partial charge is 0.242 e. The molecule has 2 amide bonds. The van der Waals surface area contributed by atoms with E-state index in [1.807, 2.05) is 25.8 Å². The zero-order chi connectivity index (χ0) is 23.7. The predicted octanol–water partition coefficient (Wildman–Crippen LogP) is 1.95. The van der Waals surface area contributed by atoms with Crippen LogP contribution in [0.1, 0.15) is 39.2 Å². The molecule has 176 valence electrons. The molecule has 0 radical (unpaired) electrons. The first-order valence-corrected chi connectivity index (χ1v) is 11.3. The van der Waals surface area contributed by atoms with Crippen molar-refractivity contribution in [2.45, 2.75) is 58.3 Å². The molecule has 0 aliphatic carbocycles. The van der Waals surface area contributed by atoms with Crippen LogP contribution in [0.2, 0.25) is 0 Å². The number of imide groups is 1. The van der Waals surface area contributed by atoms with E-state index in [0.29, 0.717) is 29.0 Å². The molecule has 2 aromatic rings. The van der Waals surface area contributed by atoms with E-state index in [0.717, 1.165) is 6.42 Å².